The zero-order valence-electron chi connectivity index (χ0n) is 12.5. The average Bonchev–Trinajstić information content (AvgIpc) is 3.06. The number of aromatic nitrogens is 4. The van der Waals surface area contributed by atoms with Gasteiger partial charge in [0, 0.05) is 19.0 Å². The topological polar surface area (TPSA) is 149 Å². The summed E-state index contributed by atoms with van der Waals surface area (Å²) in [5, 5.41) is 16.9. The zero-order valence-corrected chi connectivity index (χ0v) is 12.5. The predicted octanol–water partition coefficient (Wildman–Crippen LogP) is -1.62. The van der Waals surface area contributed by atoms with Crippen molar-refractivity contribution in [1.82, 2.24) is 36.5 Å². The lowest BCUT2D eigenvalue weighted by molar-refractivity contribution is -0.129. The second-order valence-corrected chi connectivity index (χ2v) is 4.94. The fourth-order valence-electron chi connectivity index (χ4n) is 1.90. The number of hydrogen-bond donors (Lipinski definition) is 5. The number of carbonyl (C=O) groups excluding carboxylic acids is 1. The highest BCUT2D eigenvalue weighted by Crippen LogP contribution is 2.00. The normalized spacial score (nSPS) is 17.5. The van der Waals surface area contributed by atoms with E-state index in [2.05, 4.69) is 48.7 Å². The number of hydrazine groups is 2. The predicted molar refractivity (Wildman–Crippen MR) is 80.5 cm³/mol. The van der Waals surface area contributed by atoms with E-state index < -0.39 is 0 Å². The van der Waals surface area contributed by atoms with E-state index in [0.29, 0.717) is 12.6 Å². The van der Waals surface area contributed by atoms with Crippen LogP contribution >= 0.6 is 0 Å². The Bertz CT molecular complexity index is 487. The third-order valence-corrected chi connectivity index (χ3v) is 3.29. The molecule has 22 heavy (non-hydrogen) atoms. The van der Waals surface area contributed by atoms with Crippen LogP contribution in [0.3, 0.4) is 0 Å². The Morgan fingerprint density at radius 3 is 3.05 bits per heavy atom. The van der Waals surface area contributed by atoms with Crippen LogP contribution < -0.4 is 22.0 Å². The van der Waals surface area contributed by atoms with Crippen molar-refractivity contribution in [3.05, 3.63) is 0 Å². The van der Waals surface area contributed by atoms with Gasteiger partial charge in [-0.2, -0.15) is 5.21 Å². The second kappa shape index (κ2) is 8.24. The number of nitrogens with one attached hydrogen (secondary N) is 4. The quantitative estimate of drug-likeness (QED) is 0.218. The number of tetrazole rings is 1. The van der Waals surface area contributed by atoms with Crippen LogP contribution in [0.15, 0.2) is 4.99 Å². The number of amides is 1. The number of hydrogen-bond acceptors (Lipinski definition) is 9. The molecule has 1 unspecified atom stereocenters. The summed E-state index contributed by atoms with van der Waals surface area (Å²) in [6.45, 7) is 3.36. The summed E-state index contributed by atoms with van der Waals surface area (Å²) >= 11 is 0. The van der Waals surface area contributed by atoms with E-state index in [1.807, 2.05) is 0 Å². The van der Waals surface area contributed by atoms with Gasteiger partial charge >= 0.3 is 0 Å². The Kier molecular flexibility index (Phi) is 6.03. The molecule has 2 heterocycles. The van der Waals surface area contributed by atoms with Crippen LogP contribution in [-0.4, -0.2) is 63.1 Å². The molecule has 1 aromatic rings. The maximum Gasteiger partial charge on any atom is 0.263 e. The van der Waals surface area contributed by atoms with Gasteiger partial charge < -0.3 is 10.7 Å². The van der Waals surface area contributed by atoms with Gasteiger partial charge in [0.1, 0.15) is 5.84 Å². The van der Waals surface area contributed by atoms with Crippen molar-refractivity contribution >= 4 is 17.7 Å². The van der Waals surface area contributed by atoms with Crippen molar-refractivity contribution in [1.29, 1.82) is 0 Å². The minimum absolute atomic E-state index is 0.0228. The smallest absolute Gasteiger partial charge is 0.263 e. The number of nitrogens with two attached hydrogens (primary N) is 1. The highest BCUT2D eigenvalue weighted by atomic mass is 16.2. The molecule has 0 saturated heterocycles. The Morgan fingerprint density at radius 1 is 1.55 bits per heavy atom. The van der Waals surface area contributed by atoms with Crippen molar-refractivity contribution in [2.75, 3.05) is 25.0 Å². The van der Waals surface area contributed by atoms with E-state index in [-0.39, 0.29) is 18.4 Å². The van der Waals surface area contributed by atoms with Crippen molar-refractivity contribution < 1.29 is 4.79 Å². The lowest BCUT2D eigenvalue weighted by Crippen LogP contribution is -2.49. The van der Waals surface area contributed by atoms with Crippen molar-refractivity contribution in [3.8, 4) is 0 Å². The number of H-pyrrole nitrogens is 1. The van der Waals surface area contributed by atoms with Gasteiger partial charge in [0.15, 0.2) is 0 Å². The van der Waals surface area contributed by atoms with E-state index in [4.69, 9.17) is 5.84 Å². The molecule has 1 atom stereocenters. The molecule has 0 bridgehead atoms. The molecular formula is C11H22N10O. The molecule has 0 aliphatic carbocycles. The molecule has 2 rings (SSSR count). The Labute approximate surface area is 128 Å². The molecule has 6 N–H and O–H groups in total. The molecule has 0 saturated carbocycles. The van der Waals surface area contributed by atoms with Crippen LogP contribution in [0, 0.1) is 0 Å². The molecule has 11 heteroatoms. The Hall–Kier alpha value is -2.27. The molecule has 1 aliphatic rings. The van der Waals surface area contributed by atoms with E-state index in [1.165, 1.54) is 5.01 Å². The van der Waals surface area contributed by atoms with Crippen LogP contribution in [-0.2, 0) is 4.79 Å². The third-order valence-electron chi connectivity index (χ3n) is 3.29. The molecule has 0 fully saturated rings. The SMILES string of the molecule is CCC1CN=C(CCCN(N)C(=O)CNc2nn[nH]n2)NN1. The first kappa shape index (κ1) is 16.1. The highest BCUT2D eigenvalue weighted by Gasteiger charge is 2.13. The van der Waals surface area contributed by atoms with Crippen molar-refractivity contribution in [2.24, 2.45) is 10.8 Å². The van der Waals surface area contributed by atoms with Gasteiger partial charge in [-0.15, -0.1) is 5.10 Å². The van der Waals surface area contributed by atoms with E-state index in [9.17, 15) is 4.79 Å². The second-order valence-electron chi connectivity index (χ2n) is 4.94. The molecule has 0 spiro atoms. The summed E-state index contributed by atoms with van der Waals surface area (Å²) in [5.74, 6) is 6.64. The standard InChI is InChI=1S/C11H22N10O/c1-2-8-6-13-9(16-15-8)4-3-5-21(12)10(22)7-14-11-17-19-20-18-11/h8,15H,2-7,12H2,1H3,(H,13,16)(H2,14,17,18,19,20). The fourth-order valence-corrected chi connectivity index (χ4v) is 1.90. The number of aliphatic imine (C=N–C) groups is 1. The number of aromatic amines is 1. The summed E-state index contributed by atoms with van der Waals surface area (Å²) < 4.78 is 0. The van der Waals surface area contributed by atoms with Gasteiger partial charge in [-0.05, 0) is 18.1 Å². The fraction of sp³-hybridized carbons (Fsp3) is 0.727. The number of nitrogens with zero attached hydrogens (tertiary/aromatic N) is 5. The largest absolute Gasteiger partial charge is 0.342 e. The minimum Gasteiger partial charge on any atom is -0.342 e. The van der Waals surface area contributed by atoms with Crippen LogP contribution in [0.5, 0.6) is 0 Å². The van der Waals surface area contributed by atoms with Gasteiger partial charge in [-0.3, -0.25) is 14.8 Å². The molecular weight excluding hydrogens is 288 g/mol. The van der Waals surface area contributed by atoms with Gasteiger partial charge in [0.25, 0.3) is 11.9 Å². The molecule has 0 radical (unpaired) electrons. The van der Waals surface area contributed by atoms with Crippen LogP contribution in [0.2, 0.25) is 0 Å². The summed E-state index contributed by atoms with van der Waals surface area (Å²) in [6.07, 6.45) is 2.50. The maximum absolute atomic E-state index is 11.8. The molecule has 1 amide bonds. The van der Waals surface area contributed by atoms with E-state index in [1.54, 1.807) is 0 Å². The maximum atomic E-state index is 11.8. The molecule has 122 valence electrons. The average molecular weight is 310 g/mol. The van der Waals surface area contributed by atoms with E-state index in [0.717, 1.165) is 31.6 Å². The monoisotopic (exact) mass is 310 g/mol. The van der Waals surface area contributed by atoms with Gasteiger partial charge in [0.05, 0.1) is 13.1 Å². The Balaban J connectivity index is 1.61. The van der Waals surface area contributed by atoms with E-state index >= 15 is 0 Å². The highest BCUT2D eigenvalue weighted by molar-refractivity contribution is 5.82. The minimum atomic E-state index is -0.243. The summed E-state index contributed by atoms with van der Waals surface area (Å²) in [5.41, 5.74) is 6.27. The third kappa shape index (κ3) is 4.93. The molecule has 11 nitrogen and oxygen atoms in total. The van der Waals surface area contributed by atoms with Crippen LogP contribution in [0.25, 0.3) is 0 Å². The first-order chi connectivity index (χ1) is 10.7. The molecule has 0 aromatic carbocycles. The summed E-state index contributed by atoms with van der Waals surface area (Å²) in [7, 11) is 0. The zero-order chi connectivity index (χ0) is 15.8. The number of amidine groups is 1. The molecule has 1 aliphatic heterocycles. The van der Waals surface area contributed by atoms with Crippen LogP contribution in [0.1, 0.15) is 26.2 Å². The van der Waals surface area contributed by atoms with Gasteiger partial charge in [-0.1, -0.05) is 12.0 Å². The lowest BCUT2D eigenvalue weighted by atomic mass is 10.2. The van der Waals surface area contributed by atoms with Gasteiger partial charge in [-0.25, -0.2) is 11.3 Å². The summed E-state index contributed by atoms with van der Waals surface area (Å²) in [6, 6.07) is 0.382. The lowest BCUT2D eigenvalue weighted by Gasteiger charge is -2.24. The van der Waals surface area contributed by atoms with Crippen molar-refractivity contribution in [3.63, 3.8) is 0 Å². The number of rotatable bonds is 8. The first-order valence-electron chi connectivity index (χ1n) is 7.26. The van der Waals surface area contributed by atoms with Gasteiger partial charge in [0.2, 0.25) is 0 Å². The summed E-state index contributed by atoms with van der Waals surface area (Å²) in [4.78, 5) is 16.2. The molecule has 1 aromatic heterocycles. The van der Waals surface area contributed by atoms with Crippen LogP contribution in [0.4, 0.5) is 5.95 Å². The number of carbonyl (C=O) groups is 1. The first-order valence-corrected chi connectivity index (χ1v) is 7.26. The van der Waals surface area contributed by atoms with Crippen molar-refractivity contribution in [2.45, 2.75) is 32.2 Å². The number of anilines is 1. The Morgan fingerprint density at radius 2 is 2.41 bits per heavy atom.